The van der Waals surface area contributed by atoms with E-state index in [9.17, 15) is 5.11 Å². The van der Waals surface area contributed by atoms with Crippen molar-refractivity contribution in [2.24, 2.45) is 0 Å². The van der Waals surface area contributed by atoms with Crippen molar-refractivity contribution in [1.29, 1.82) is 0 Å². The molecule has 4 nitrogen and oxygen atoms in total. The Morgan fingerprint density at radius 1 is 1.32 bits per heavy atom. The standard InChI is InChI=1S/C15H25N3O/c1-12(19)15(2,3)17-13-6-10-18(11-7-13)14-4-8-16-9-5-14/h4-5,8-9,12-13,17,19H,6-7,10-11H2,1-3H3. The van der Waals surface area contributed by atoms with Gasteiger partial charge in [0, 0.05) is 42.8 Å². The van der Waals surface area contributed by atoms with Crippen molar-refractivity contribution in [3.8, 4) is 0 Å². The van der Waals surface area contributed by atoms with E-state index in [2.05, 4.69) is 41.2 Å². The number of pyridine rings is 1. The Morgan fingerprint density at radius 3 is 2.42 bits per heavy atom. The van der Waals surface area contributed by atoms with Gasteiger partial charge in [-0.1, -0.05) is 0 Å². The molecule has 0 saturated carbocycles. The lowest BCUT2D eigenvalue weighted by Gasteiger charge is -2.39. The largest absolute Gasteiger partial charge is 0.392 e. The second-order valence-electron chi connectivity index (χ2n) is 6.01. The van der Waals surface area contributed by atoms with Gasteiger partial charge in [0.25, 0.3) is 0 Å². The Balaban J connectivity index is 1.86. The molecule has 1 aliphatic heterocycles. The van der Waals surface area contributed by atoms with Gasteiger partial charge in [-0.15, -0.1) is 0 Å². The smallest absolute Gasteiger partial charge is 0.0688 e. The molecule has 1 atom stereocenters. The van der Waals surface area contributed by atoms with E-state index < -0.39 is 0 Å². The lowest BCUT2D eigenvalue weighted by Crippen LogP contribution is -2.55. The van der Waals surface area contributed by atoms with Gasteiger partial charge >= 0.3 is 0 Å². The number of hydrogen-bond acceptors (Lipinski definition) is 4. The van der Waals surface area contributed by atoms with Crippen LogP contribution in [0.15, 0.2) is 24.5 Å². The van der Waals surface area contributed by atoms with Gasteiger partial charge in [-0.25, -0.2) is 0 Å². The van der Waals surface area contributed by atoms with E-state index in [4.69, 9.17) is 0 Å². The molecule has 2 heterocycles. The maximum atomic E-state index is 9.76. The number of hydrogen-bond donors (Lipinski definition) is 2. The molecule has 0 aromatic carbocycles. The van der Waals surface area contributed by atoms with Gasteiger partial charge in [-0.3, -0.25) is 4.98 Å². The van der Waals surface area contributed by atoms with Gasteiger partial charge in [0.15, 0.2) is 0 Å². The number of nitrogens with one attached hydrogen (secondary N) is 1. The summed E-state index contributed by atoms with van der Waals surface area (Å²) in [5.41, 5.74) is 1.03. The van der Waals surface area contributed by atoms with E-state index in [1.807, 2.05) is 19.3 Å². The summed E-state index contributed by atoms with van der Waals surface area (Å²) in [6.45, 7) is 8.08. The molecular weight excluding hydrogens is 238 g/mol. The Labute approximate surface area is 115 Å². The SMILES string of the molecule is CC(O)C(C)(C)NC1CCN(c2ccncc2)CC1. The van der Waals surface area contributed by atoms with Crippen molar-refractivity contribution < 1.29 is 5.11 Å². The summed E-state index contributed by atoms with van der Waals surface area (Å²) in [7, 11) is 0. The third-order valence-electron chi connectivity index (χ3n) is 4.14. The maximum absolute atomic E-state index is 9.76. The van der Waals surface area contributed by atoms with Crippen LogP contribution < -0.4 is 10.2 Å². The minimum absolute atomic E-state index is 0.219. The molecule has 0 amide bonds. The number of aromatic nitrogens is 1. The van der Waals surface area contributed by atoms with Gasteiger partial charge in [-0.05, 0) is 45.7 Å². The van der Waals surface area contributed by atoms with E-state index in [0.717, 1.165) is 25.9 Å². The first-order valence-corrected chi connectivity index (χ1v) is 7.10. The Kier molecular flexibility index (Phi) is 4.42. The molecule has 0 radical (unpaired) electrons. The van der Waals surface area contributed by atoms with E-state index in [1.165, 1.54) is 5.69 Å². The number of piperidine rings is 1. The predicted molar refractivity (Wildman–Crippen MR) is 78.4 cm³/mol. The monoisotopic (exact) mass is 263 g/mol. The predicted octanol–water partition coefficient (Wildman–Crippen LogP) is 1.80. The molecule has 2 N–H and O–H groups in total. The van der Waals surface area contributed by atoms with Gasteiger partial charge in [0.1, 0.15) is 0 Å². The fourth-order valence-electron chi connectivity index (χ4n) is 2.48. The highest BCUT2D eigenvalue weighted by atomic mass is 16.3. The molecule has 1 aromatic rings. The molecule has 0 spiro atoms. The Hall–Kier alpha value is -1.13. The maximum Gasteiger partial charge on any atom is 0.0688 e. The van der Waals surface area contributed by atoms with E-state index in [-0.39, 0.29) is 11.6 Å². The molecular formula is C15H25N3O. The van der Waals surface area contributed by atoms with E-state index in [0.29, 0.717) is 6.04 Å². The van der Waals surface area contributed by atoms with Crippen LogP contribution in [-0.2, 0) is 0 Å². The molecule has 0 aliphatic carbocycles. The van der Waals surface area contributed by atoms with Crippen molar-refractivity contribution >= 4 is 5.69 Å². The first-order chi connectivity index (χ1) is 8.99. The molecule has 106 valence electrons. The van der Waals surface area contributed by atoms with Crippen LogP contribution in [-0.4, -0.2) is 40.9 Å². The van der Waals surface area contributed by atoms with Gasteiger partial charge < -0.3 is 15.3 Å². The third kappa shape index (κ3) is 3.67. The zero-order valence-electron chi connectivity index (χ0n) is 12.1. The summed E-state index contributed by atoms with van der Waals surface area (Å²) in [6.07, 6.45) is 5.56. The third-order valence-corrected chi connectivity index (χ3v) is 4.14. The summed E-state index contributed by atoms with van der Waals surface area (Å²) >= 11 is 0. The quantitative estimate of drug-likeness (QED) is 0.869. The number of aliphatic hydroxyl groups excluding tert-OH is 1. The van der Waals surface area contributed by atoms with Crippen molar-refractivity contribution in [2.75, 3.05) is 18.0 Å². The van der Waals surface area contributed by atoms with Crippen molar-refractivity contribution in [2.45, 2.75) is 51.3 Å². The zero-order chi connectivity index (χ0) is 13.9. The zero-order valence-corrected chi connectivity index (χ0v) is 12.1. The van der Waals surface area contributed by atoms with Crippen LogP contribution in [0.25, 0.3) is 0 Å². The van der Waals surface area contributed by atoms with Crippen LogP contribution in [0.3, 0.4) is 0 Å². The number of rotatable bonds is 4. The van der Waals surface area contributed by atoms with Crippen LogP contribution in [0.4, 0.5) is 5.69 Å². The van der Waals surface area contributed by atoms with Crippen LogP contribution in [0.5, 0.6) is 0 Å². The highest BCUT2D eigenvalue weighted by Gasteiger charge is 2.29. The summed E-state index contributed by atoms with van der Waals surface area (Å²) in [5, 5.41) is 13.3. The first kappa shape index (κ1) is 14.3. The molecule has 0 bridgehead atoms. The fraction of sp³-hybridized carbons (Fsp3) is 0.667. The lowest BCUT2D eigenvalue weighted by atomic mass is 9.94. The van der Waals surface area contributed by atoms with Crippen LogP contribution in [0, 0.1) is 0 Å². The number of aliphatic hydroxyl groups is 1. The normalized spacial score (nSPS) is 19.5. The fourth-order valence-corrected chi connectivity index (χ4v) is 2.48. The summed E-state index contributed by atoms with van der Waals surface area (Å²) in [6, 6.07) is 4.61. The Bertz CT molecular complexity index is 384. The molecule has 1 unspecified atom stereocenters. The van der Waals surface area contributed by atoms with Crippen molar-refractivity contribution in [1.82, 2.24) is 10.3 Å². The summed E-state index contributed by atoms with van der Waals surface area (Å²) in [4.78, 5) is 6.45. The highest BCUT2D eigenvalue weighted by Crippen LogP contribution is 2.21. The van der Waals surface area contributed by atoms with Gasteiger partial charge in [-0.2, -0.15) is 0 Å². The summed E-state index contributed by atoms with van der Waals surface area (Å²) in [5.74, 6) is 0. The van der Waals surface area contributed by atoms with Crippen LogP contribution in [0.1, 0.15) is 33.6 Å². The van der Waals surface area contributed by atoms with Crippen molar-refractivity contribution in [3.63, 3.8) is 0 Å². The minimum atomic E-state index is -0.342. The van der Waals surface area contributed by atoms with Gasteiger partial charge in [0.2, 0.25) is 0 Å². The minimum Gasteiger partial charge on any atom is -0.392 e. The van der Waals surface area contributed by atoms with E-state index >= 15 is 0 Å². The lowest BCUT2D eigenvalue weighted by molar-refractivity contribution is 0.0849. The van der Waals surface area contributed by atoms with E-state index in [1.54, 1.807) is 0 Å². The Morgan fingerprint density at radius 2 is 1.89 bits per heavy atom. The molecule has 2 rings (SSSR count). The average Bonchev–Trinajstić information content (AvgIpc) is 2.40. The molecule has 1 aliphatic rings. The van der Waals surface area contributed by atoms with Crippen LogP contribution >= 0.6 is 0 Å². The molecule has 1 fully saturated rings. The molecule has 1 saturated heterocycles. The van der Waals surface area contributed by atoms with Gasteiger partial charge in [0.05, 0.1) is 6.10 Å². The highest BCUT2D eigenvalue weighted by molar-refractivity contribution is 5.44. The number of anilines is 1. The van der Waals surface area contributed by atoms with Crippen molar-refractivity contribution in [3.05, 3.63) is 24.5 Å². The first-order valence-electron chi connectivity index (χ1n) is 7.10. The second kappa shape index (κ2) is 5.88. The summed E-state index contributed by atoms with van der Waals surface area (Å²) < 4.78 is 0. The number of nitrogens with zero attached hydrogens (tertiary/aromatic N) is 2. The molecule has 1 aromatic heterocycles. The molecule has 4 heteroatoms. The second-order valence-corrected chi connectivity index (χ2v) is 6.01. The topological polar surface area (TPSA) is 48.4 Å². The molecule has 19 heavy (non-hydrogen) atoms. The van der Waals surface area contributed by atoms with Crippen LogP contribution in [0.2, 0.25) is 0 Å². The average molecular weight is 263 g/mol.